The molecule has 1 aromatic carbocycles. The van der Waals surface area contributed by atoms with Crippen molar-refractivity contribution in [1.29, 1.82) is 5.26 Å². The molecule has 0 saturated heterocycles. The third kappa shape index (κ3) is 3.03. The van der Waals surface area contributed by atoms with E-state index in [9.17, 15) is 9.50 Å². The standard InChI is InChI=1S/C12H13BrFNO/c1-2-3-9(7-15)12(16)8-4-5-10(13)11(14)6-8/h4-6,9,12,16H,2-3H2,1H3. The molecule has 1 N–H and O–H groups in total. The van der Waals surface area contributed by atoms with Crippen LogP contribution in [0.2, 0.25) is 0 Å². The van der Waals surface area contributed by atoms with Gasteiger partial charge in [-0.15, -0.1) is 0 Å². The maximum absolute atomic E-state index is 13.3. The van der Waals surface area contributed by atoms with Gasteiger partial charge in [0.2, 0.25) is 0 Å². The third-order valence-electron chi connectivity index (χ3n) is 2.43. The van der Waals surface area contributed by atoms with Gasteiger partial charge in [0.25, 0.3) is 0 Å². The van der Waals surface area contributed by atoms with Gasteiger partial charge in [0.1, 0.15) is 5.82 Å². The van der Waals surface area contributed by atoms with Gasteiger partial charge in [-0.1, -0.05) is 19.4 Å². The third-order valence-corrected chi connectivity index (χ3v) is 3.07. The fourth-order valence-electron chi connectivity index (χ4n) is 1.53. The molecule has 4 heteroatoms. The molecule has 0 aliphatic carbocycles. The lowest BCUT2D eigenvalue weighted by molar-refractivity contribution is 0.129. The average Bonchev–Trinajstić information content (AvgIpc) is 2.28. The van der Waals surface area contributed by atoms with E-state index in [0.717, 1.165) is 6.42 Å². The summed E-state index contributed by atoms with van der Waals surface area (Å²) in [4.78, 5) is 0. The van der Waals surface area contributed by atoms with Crippen LogP contribution in [0.25, 0.3) is 0 Å². The maximum Gasteiger partial charge on any atom is 0.137 e. The normalized spacial score (nSPS) is 14.2. The quantitative estimate of drug-likeness (QED) is 0.919. The number of aliphatic hydroxyl groups is 1. The van der Waals surface area contributed by atoms with Crippen molar-refractivity contribution >= 4 is 15.9 Å². The van der Waals surface area contributed by atoms with Crippen LogP contribution in [0.4, 0.5) is 4.39 Å². The number of benzene rings is 1. The Labute approximate surface area is 103 Å². The van der Waals surface area contributed by atoms with Crippen LogP contribution in [-0.2, 0) is 0 Å². The van der Waals surface area contributed by atoms with Gasteiger partial charge in [-0.25, -0.2) is 4.39 Å². The van der Waals surface area contributed by atoms with Crippen LogP contribution in [-0.4, -0.2) is 5.11 Å². The molecule has 0 amide bonds. The van der Waals surface area contributed by atoms with Gasteiger partial charge in [0.15, 0.2) is 0 Å². The van der Waals surface area contributed by atoms with Crippen molar-refractivity contribution in [1.82, 2.24) is 0 Å². The first-order chi connectivity index (χ1) is 7.60. The Morgan fingerprint density at radius 2 is 2.25 bits per heavy atom. The predicted octanol–water partition coefficient (Wildman–Crippen LogP) is 3.56. The number of rotatable bonds is 4. The Morgan fingerprint density at radius 3 is 2.75 bits per heavy atom. The molecule has 0 radical (unpaired) electrons. The zero-order chi connectivity index (χ0) is 12.1. The molecule has 0 bridgehead atoms. The van der Waals surface area contributed by atoms with Gasteiger partial charge in [0, 0.05) is 0 Å². The van der Waals surface area contributed by atoms with Gasteiger partial charge < -0.3 is 5.11 Å². The van der Waals surface area contributed by atoms with Crippen molar-refractivity contribution in [2.75, 3.05) is 0 Å². The number of nitrogens with zero attached hydrogens (tertiary/aromatic N) is 1. The maximum atomic E-state index is 13.3. The van der Waals surface area contributed by atoms with Crippen LogP contribution >= 0.6 is 15.9 Å². The number of aliphatic hydroxyl groups excluding tert-OH is 1. The minimum atomic E-state index is -0.924. The van der Waals surface area contributed by atoms with E-state index < -0.39 is 17.8 Å². The topological polar surface area (TPSA) is 44.0 Å². The summed E-state index contributed by atoms with van der Waals surface area (Å²) in [5, 5.41) is 18.8. The summed E-state index contributed by atoms with van der Waals surface area (Å²) in [6.45, 7) is 1.94. The van der Waals surface area contributed by atoms with Crippen molar-refractivity contribution in [3.8, 4) is 6.07 Å². The van der Waals surface area contributed by atoms with Gasteiger partial charge in [-0.2, -0.15) is 5.26 Å². The van der Waals surface area contributed by atoms with Gasteiger partial charge >= 0.3 is 0 Å². The van der Waals surface area contributed by atoms with E-state index in [1.807, 2.05) is 6.92 Å². The molecule has 16 heavy (non-hydrogen) atoms. The second kappa shape index (κ2) is 5.97. The predicted molar refractivity (Wildman–Crippen MR) is 63.1 cm³/mol. The van der Waals surface area contributed by atoms with E-state index in [4.69, 9.17) is 5.26 Å². The molecule has 2 unspecified atom stereocenters. The molecule has 0 aromatic heterocycles. The lowest BCUT2D eigenvalue weighted by atomic mass is 9.93. The zero-order valence-electron chi connectivity index (χ0n) is 8.95. The molecular formula is C12H13BrFNO. The number of hydrogen-bond acceptors (Lipinski definition) is 2. The van der Waals surface area contributed by atoms with Crippen LogP contribution in [0.1, 0.15) is 31.4 Å². The van der Waals surface area contributed by atoms with Crippen molar-refractivity contribution in [2.24, 2.45) is 5.92 Å². The highest BCUT2D eigenvalue weighted by molar-refractivity contribution is 9.10. The molecule has 1 rings (SSSR count). The Bertz CT molecular complexity index is 402. The largest absolute Gasteiger partial charge is 0.387 e. The first kappa shape index (κ1) is 13.1. The molecule has 2 nitrogen and oxygen atoms in total. The minimum Gasteiger partial charge on any atom is -0.387 e. The fourth-order valence-corrected chi connectivity index (χ4v) is 1.78. The number of halogens is 2. The van der Waals surface area contributed by atoms with E-state index in [2.05, 4.69) is 22.0 Å². The van der Waals surface area contributed by atoms with Crippen LogP contribution in [0.5, 0.6) is 0 Å². The van der Waals surface area contributed by atoms with E-state index in [0.29, 0.717) is 16.5 Å². The molecule has 0 aliphatic heterocycles. The summed E-state index contributed by atoms with van der Waals surface area (Å²) >= 11 is 3.04. The molecule has 86 valence electrons. The molecule has 0 saturated carbocycles. The molecular weight excluding hydrogens is 273 g/mol. The second-order valence-corrected chi connectivity index (χ2v) is 4.50. The van der Waals surface area contributed by atoms with Gasteiger partial charge in [-0.3, -0.25) is 0 Å². The highest BCUT2D eigenvalue weighted by Gasteiger charge is 2.20. The van der Waals surface area contributed by atoms with Crippen molar-refractivity contribution < 1.29 is 9.50 Å². The Hall–Kier alpha value is -0.920. The smallest absolute Gasteiger partial charge is 0.137 e. The molecule has 0 heterocycles. The summed E-state index contributed by atoms with van der Waals surface area (Å²) < 4.78 is 13.6. The monoisotopic (exact) mass is 285 g/mol. The molecule has 0 aliphatic rings. The SMILES string of the molecule is CCCC(C#N)C(O)c1ccc(Br)c(F)c1. The van der Waals surface area contributed by atoms with Crippen molar-refractivity contribution in [2.45, 2.75) is 25.9 Å². The summed E-state index contributed by atoms with van der Waals surface area (Å²) in [7, 11) is 0. The molecule has 0 fully saturated rings. The lowest BCUT2D eigenvalue weighted by Gasteiger charge is -2.16. The summed E-state index contributed by atoms with van der Waals surface area (Å²) in [6, 6.07) is 6.47. The Balaban J connectivity index is 2.91. The van der Waals surface area contributed by atoms with E-state index in [1.165, 1.54) is 12.1 Å². The summed E-state index contributed by atoms with van der Waals surface area (Å²) in [6.07, 6.45) is 0.497. The first-order valence-corrected chi connectivity index (χ1v) is 5.92. The summed E-state index contributed by atoms with van der Waals surface area (Å²) in [5.74, 6) is -0.907. The molecule has 2 atom stereocenters. The first-order valence-electron chi connectivity index (χ1n) is 5.12. The van der Waals surface area contributed by atoms with Crippen molar-refractivity contribution in [3.63, 3.8) is 0 Å². The number of hydrogen-bond donors (Lipinski definition) is 1. The minimum absolute atomic E-state index is 0.354. The van der Waals surface area contributed by atoms with Crippen LogP contribution < -0.4 is 0 Å². The molecule has 1 aromatic rings. The Morgan fingerprint density at radius 1 is 1.56 bits per heavy atom. The van der Waals surface area contributed by atoms with E-state index >= 15 is 0 Å². The summed E-state index contributed by atoms with van der Waals surface area (Å²) in [5.41, 5.74) is 0.445. The fraction of sp³-hybridized carbons (Fsp3) is 0.417. The Kier molecular flexibility index (Phi) is 4.91. The van der Waals surface area contributed by atoms with Gasteiger partial charge in [0.05, 0.1) is 22.6 Å². The lowest BCUT2D eigenvalue weighted by Crippen LogP contribution is -2.10. The molecule has 0 spiro atoms. The second-order valence-electron chi connectivity index (χ2n) is 3.64. The van der Waals surface area contributed by atoms with E-state index in [-0.39, 0.29) is 0 Å². The van der Waals surface area contributed by atoms with Crippen LogP contribution in [0.15, 0.2) is 22.7 Å². The number of nitriles is 1. The average molecular weight is 286 g/mol. The van der Waals surface area contributed by atoms with Crippen molar-refractivity contribution in [3.05, 3.63) is 34.1 Å². The van der Waals surface area contributed by atoms with Crippen LogP contribution in [0.3, 0.4) is 0 Å². The highest BCUT2D eigenvalue weighted by Crippen LogP contribution is 2.27. The van der Waals surface area contributed by atoms with E-state index in [1.54, 1.807) is 6.07 Å². The van der Waals surface area contributed by atoms with Gasteiger partial charge in [-0.05, 0) is 40.0 Å². The highest BCUT2D eigenvalue weighted by atomic mass is 79.9. The van der Waals surface area contributed by atoms with Crippen LogP contribution in [0, 0.1) is 23.1 Å². The zero-order valence-corrected chi connectivity index (χ0v) is 10.5.